The summed E-state index contributed by atoms with van der Waals surface area (Å²) in [6, 6.07) is 1.73. The molecule has 1 unspecified atom stereocenters. The normalized spacial score (nSPS) is 12.7. The summed E-state index contributed by atoms with van der Waals surface area (Å²) < 4.78 is 2.68. The first-order chi connectivity index (χ1) is 9.47. The number of nitrogens with zero attached hydrogens (tertiary/aromatic N) is 2. The van der Waals surface area contributed by atoms with E-state index in [9.17, 15) is 9.90 Å². The molecule has 2 N–H and O–H groups in total. The van der Waals surface area contributed by atoms with Gasteiger partial charge in [-0.3, -0.25) is 9.20 Å². The number of aliphatic hydroxyl groups is 1. The van der Waals surface area contributed by atoms with Crippen molar-refractivity contribution in [2.24, 2.45) is 0 Å². The zero-order valence-corrected chi connectivity index (χ0v) is 13.4. The number of imidazole rings is 1. The minimum Gasteiger partial charge on any atom is -0.394 e. The molecule has 2 aromatic rings. The van der Waals surface area contributed by atoms with Gasteiger partial charge < -0.3 is 10.4 Å². The largest absolute Gasteiger partial charge is 0.394 e. The Morgan fingerprint density at radius 3 is 2.85 bits per heavy atom. The predicted molar refractivity (Wildman–Crippen MR) is 81.0 cm³/mol. The number of hydrogen-bond donors (Lipinski definition) is 2. The van der Waals surface area contributed by atoms with Gasteiger partial charge in [0.2, 0.25) is 0 Å². The molecule has 6 heteroatoms. The van der Waals surface area contributed by atoms with E-state index in [0.717, 1.165) is 15.7 Å². The first-order valence-electron chi connectivity index (χ1n) is 6.54. The van der Waals surface area contributed by atoms with E-state index in [4.69, 9.17) is 0 Å². The van der Waals surface area contributed by atoms with Crippen LogP contribution >= 0.6 is 15.9 Å². The van der Waals surface area contributed by atoms with Gasteiger partial charge in [-0.2, -0.15) is 0 Å². The maximum Gasteiger partial charge on any atom is 0.270 e. The van der Waals surface area contributed by atoms with Crippen molar-refractivity contribution >= 4 is 27.5 Å². The van der Waals surface area contributed by atoms with Gasteiger partial charge in [-0.15, -0.1) is 0 Å². The smallest absolute Gasteiger partial charge is 0.270 e. The van der Waals surface area contributed by atoms with Gasteiger partial charge in [0.1, 0.15) is 11.3 Å². The number of aliphatic hydroxyl groups excluding tert-OH is 1. The lowest BCUT2D eigenvalue weighted by Crippen LogP contribution is -2.37. The van der Waals surface area contributed by atoms with Gasteiger partial charge in [0.05, 0.1) is 18.3 Å². The zero-order chi connectivity index (χ0) is 14.9. The molecule has 2 aromatic heterocycles. The molecule has 0 spiro atoms. The lowest BCUT2D eigenvalue weighted by Gasteiger charge is -2.14. The molecule has 0 fully saturated rings. The van der Waals surface area contributed by atoms with E-state index in [2.05, 4.69) is 26.2 Å². The number of hydrogen-bond acceptors (Lipinski definition) is 3. The highest BCUT2D eigenvalue weighted by Crippen LogP contribution is 2.20. The van der Waals surface area contributed by atoms with E-state index in [1.165, 1.54) is 0 Å². The van der Waals surface area contributed by atoms with E-state index in [0.29, 0.717) is 17.8 Å². The Balaban J connectivity index is 2.48. The number of carbonyl (C=O) groups excluding carboxylic acids is 1. The van der Waals surface area contributed by atoms with Crippen LogP contribution in [0.3, 0.4) is 0 Å². The lowest BCUT2D eigenvalue weighted by atomic mass is 10.2. The molecule has 0 aliphatic carbocycles. The number of nitrogens with one attached hydrogen (secondary N) is 1. The topological polar surface area (TPSA) is 66.6 Å². The fourth-order valence-electron chi connectivity index (χ4n) is 2.19. The van der Waals surface area contributed by atoms with E-state index in [1.54, 1.807) is 4.40 Å². The maximum absolute atomic E-state index is 12.4. The van der Waals surface area contributed by atoms with Crippen LogP contribution in [0.2, 0.25) is 0 Å². The van der Waals surface area contributed by atoms with Crippen molar-refractivity contribution < 1.29 is 9.90 Å². The summed E-state index contributed by atoms with van der Waals surface area (Å²) in [6.45, 7) is 5.62. The molecule has 5 nitrogen and oxygen atoms in total. The summed E-state index contributed by atoms with van der Waals surface area (Å²) in [4.78, 5) is 16.8. The summed E-state index contributed by atoms with van der Waals surface area (Å²) in [5.41, 5.74) is 2.96. The highest BCUT2D eigenvalue weighted by atomic mass is 79.9. The Morgan fingerprint density at radius 2 is 2.25 bits per heavy atom. The van der Waals surface area contributed by atoms with Crippen LogP contribution in [0.5, 0.6) is 0 Å². The molecule has 2 rings (SSSR count). The third-order valence-corrected chi connectivity index (χ3v) is 3.74. The maximum atomic E-state index is 12.4. The fraction of sp³-hybridized carbons (Fsp3) is 0.429. The Hall–Kier alpha value is -1.40. The highest BCUT2D eigenvalue weighted by molar-refractivity contribution is 9.10. The van der Waals surface area contributed by atoms with Crippen LogP contribution in [0.25, 0.3) is 5.65 Å². The number of rotatable bonds is 4. The van der Waals surface area contributed by atoms with Crippen LogP contribution in [-0.2, 0) is 0 Å². The second kappa shape index (κ2) is 5.93. The van der Waals surface area contributed by atoms with Gasteiger partial charge in [-0.05, 0) is 47.8 Å². The van der Waals surface area contributed by atoms with Gasteiger partial charge in [0.15, 0.2) is 0 Å². The first-order valence-corrected chi connectivity index (χ1v) is 7.33. The van der Waals surface area contributed by atoms with Crippen molar-refractivity contribution in [3.63, 3.8) is 0 Å². The van der Waals surface area contributed by atoms with Crippen molar-refractivity contribution in [1.29, 1.82) is 0 Å². The van der Waals surface area contributed by atoms with Crippen LogP contribution in [0.15, 0.2) is 16.7 Å². The number of amides is 1. The monoisotopic (exact) mass is 339 g/mol. The standard InChI is InChI=1S/C14H18BrN3O2/c1-4-11(7-19)17-14(20)12-9(3)16-13-8(2)5-10(15)6-18(12)13/h5-6,11,19H,4,7H2,1-3H3,(H,17,20). The lowest BCUT2D eigenvalue weighted by molar-refractivity contribution is 0.0908. The van der Waals surface area contributed by atoms with Gasteiger partial charge >= 0.3 is 0 Å². The number of carbonyl (C=O) groups is 1. The van der Waals surface area contributed by atoms with E-state index >= 15 is 0 Å². The van der Waals surface area contributed by atoms with Gasteiger partial charge in [0, 0.05) is 10.7 Å². The van der Waals surface area contributed by atoms with Crippen molar-refractivity contribution in [2.45, 2.75) is 33.2 Å². The fourth-order valence-corrected chi connectivity index (χ4v) is 2.73. The van der Waals surface area contributed by atoms with Crippen molar-refractivity contribution in [2.75, 3.05) is 6.61 Å². The van der Waals surface area contributed by atoms with Crippen LogP contribution < -0.4 is 5.32 Å². The van der Waals surface area contributed by atoms with Crippen molar-refractivity contribution in [1.82, 2.24) is 14.7 Å². The second-order valence-corrected chi connectivity index (χ2v) is 5.76. The highest BCUT2D eigenvalue weighted by Gasteiger charge is 2.20. The molecule has 108 valence electrons. The Labute approximate surface area is 126 Å². The summed E-state index contributed by atoms with van der Waals surface area (Å²) >= 11 is 3.43. The molecule has 1 atom stereocenters. The van der Waals surface area contributed by atoms with Crippen LogP contribution in [0.1, 0.15) is 35.1 Å². The minimum atomic E-state index is -0.235. The molecule has 20 heavy (non-hydrogen) atoms. The summed E-state index contributed by atoms with van der Waals surface area (Å²) in [5.74, 6) is -0.214. The molecular formula is C14H18BrN3O2. The van der Waals surface area contributed by atoms with E-state index in [1.807, 2.05) is 33.0 Å². The quantitative estimate of drug-likeness (QED) is 0.897. The first kappa shape index (κ1) is 15.0. The van der Waals surface area contributed by atoms with Gasteiger partial charge in [0.25, 0.3) is 5.91 Å². The SMILES string of the molecule is CCC(CO)NC(=O)c1c(C)nc2c(C)cc(Br)cn12. The number of halogens is 1. The molecule has 0 aliphatic heterocycles. The molecule has 0 saturated carbocycles. The van der Waals surface area contributed by atoms with Gasteiger partial charge in [-0.1, -0.05) is 6.92 Å². The van der Waals surface area contributed by atoms with Crippen LogP contribution in [0, 0.1) is 13.8 Å². The molecule has 1 amide bonds. The number of fused-ring (bicyclic) bond motifs is 1. The summed E-state index contributed by atoms with van der Waals surface area (Å²) in [5, 5.41) is 12.0. The van der Waals surface area contributed by atoms with E-state index in [-0.39, 0.29) is 18.6 Å². The third kappa shape index (κ3) is 2.71. The third-order valence-electron chi connectivity index (χ3n) is 3.31. The minimum absolute atomic E-state index is 0.0687. The molecule has 0 bridgehead atoms. The second-order valence-electron chi connectivity index (χ2n) is 4.84. The average molecular weight is 340 g/mol. The number of pyridine rings is 1. The molecule has 0 radical (unpaired) electrons. The molecular weight excluding hydrogens is 322 g/mol. The number of aryl methyl sites for hydroxylation is 2. The van der Waals surface area contributed by atoms with Crippen LogP contribution in [0.4, 0.5) is 0 Å². The Bertz CT molecular complexity index is 647. The Morgan fingerprint density at radius 1 is 1.55 bits per heavy atom. The van der Waals surface area contributed by atoms with Crippen molar-refractivity contribution in [3.8, 4) is 0 Å². The molecule has 0 aliphatic rings. The van der Waals surface area contributed by atoms with E-state index < -0.39 is 0 Å². The van der Waals surface area contributed by atoms with Gasteiger partial charge in [-0.25, -0.2) is 4.98 Å². The molecule has 2 heterocycles. The zero-order valence-electron chi connectivity index (χ0n) is 11.8. The predicted octanol–water partition coefficient (Wildman–Crippen LogP) is 2.21. The number of aromatic nitrogens is 2. The van der Waals surface area contributed by atoms with Crippen LogP contribution in [-0.4, -0.2) is 33.0 Å². The molecule has 0 aromatic carbocycles. The summed E-state index contributed by atoms with van der Waals surface area (Å²) in [6.07, 6.45) is 2.51. The molecule has 0 saturated heterocycles. The summed E-state index contributed by atoms with van der Waals surface area (Å²) in [7, 11) is 0. The Kier molecular flexibility index (Phi) is 4.45. The van der Waals surface area contributed by atoms with Crippen molar-refractivity contribution in [3.05, 3.63) is 33.7 Å². The average Bonchev–Trinajstić information content (AvgIpc) is 2.72.